The number of hydrogen-bond acceptors (Lipinski definition) is 5. The number of hydrogen-bond donors (Lipinski definition) is 1. The van der Waals surface area contributed by atoms with E-state index < -0.39 is 0 Å². The molecule has 0 unspecified atom stereocenters. The second kappa shape index (κ2) is 11.9. The largest absolute Gasteiger partial charge is 0.364 e. The van der Waals surface area contributed by atoms with Crippen molar-refractivity contribution >= 4 is 29.9 Å². The highest BCUT2D eigenvalue weighted by Crippen LogP contribution is 2.16. The molecule has 1 aromatic rings. The van der Waals surface area contributed by atoms with Crippen LogP contribution in [0.2, 0.25) is 0 Å². The first-order chi connectivity index (χ1) is 12.8. The van der Waals surface area contributed by atoms with Crippen LogP contribution in [0.25, 0.3) is 0 Å². The SMILES string of the molecule is CCCN1CCC(CNC(=NC)N2CCN(Cc3ccon3)CC2)CC1.I. The van der Waals surface area contributed by atoms with Gasteiger partial charge in [0.1, 0.15) is 6.26 Å². The van der Waals surface area contributed by atoms with Gasteiger partial charge in [-0.15, -0.1) is 24.0 Å². The second-order valence-electron chi connectivity index (χ2n) is 7.47. The smallest absolute Gasteiger partial charge is 0.193 e. The first-order valence-electron chi connectivity index (χ1n) is 10.1. The Balaban J connectivity index is 0.00000261. The summed E-state index contributed by atoms with van der Waals surface area (Å²) in [5.41, 5.74) is 1.01. The standard InChI is InChI=1S/C19H34N6O.HI/c1-3-7-23-8-4-17(5-9-23)15-21-19(20-2)25-12-10-24(11-13-25)16-18-6-14-26-22-18;/h6,14,17H,3-5,7-13,15-16H2,1-2H3,(H,20,21);1H. The van der Waals surface area contributed by atoms with Gasteiger partial charge >= 0.3 is 0 Å². The molecule has 154 valence electrons. The van der Waals surface area contributed by atoms with Gasteiger partial charge in [0, 0.05) is 52.4 Å². The summed E-state index contributed by atoms with van der Waals surface area (Å²) in [6, 6.07) is 1.94. The summed E-state index contributed by atoms with van der Waals surface area (Å²) in [5.74, 6) is 1.83. The van der Waals surface area contributed by atoms with E-state index >= 15 is 0 Å². The lowest BCUT2D eigenvalue weighted by molar-refractivity contribution is 0.166. The molecule has 2 saturated heterocycles. The number of guanidine groups is 1. The normalized spacial score (nSPS) is 20.5. The molecule has 1 N–H and O–H groups in total. The Morgan fingerprint density at radius 1 is 1.19 bits per heavy atom. The van der Waals surface area contributed by atoms with Gasteiger partial charge in [-0.1, -0.05) is 12.1 Å². The Morgan fingerprint density at radius 2 is 1.93 bits per heavy atom. The molecule has 0 amide bonds. The minimum atomic E-state index is 0. The van der Waals surface area contributed by atoms with E-state index in [1.807, 2.05) is 13.1 Å². The van der Waals surface area contributed by atoms with Gasteiger partial charge in [0.15, 0.2) is 5.96 Å². The number of piperidine rings is 1. The van der Waals surface area contributed by atoms with Crippen LogP contribution in [-0.4, -0.2) is 85.2 Å². The van der Waals surface area contributed by atoms with Crippen LogP contribution in [0.1, 0.15) is 31.9 Å². The maximum atomic E-state index is 4.92. The molecule has 2 aliphatic heterocycles. The van der Waals surface area contributed by atoms with Gasteiger partial charge in [-0.2, -0.15) is 0 Å². The summed E-state index contributed by atoms with van der Waals surface area (Å²) in [6.45, 7) is 12.0. The molecule has 0 aliphatic carbocycles. The molecular weight excluding hydrogens is 455 g/mol. The van der Waals surface area contributed by atoms with Crippen LogP contribution < -0.4 is 5.32 Å². The number of aromatic nitrogens is 1. The molecule has 0 saturated carbocycles. The van der Waals surface area contributed by atoms with Crippen LogP contribution in [0.4, 0.5) is 0 Å². The summed E-state index contributed by atoms with van der Waals surface area (Å²) in [6.07, 6.45) is 5.51. The van der Waals surface area contributed by atoms with Gasteiger partial charge in [-0.05, 0) is 44.8 Å². The molecule has 7 nitrogen and oxygen atoms in total. The van der Waals surface area contributed by atoms with E-state index in [1.165, 1.54) is 38.9 Å². The van der Waals surface area contributed by atoms with Gasteiger partial charge in [0.2, 0.25) is 0 Å². The predicted molar refractivity (Wildman–Crippen MR) is 120 cm³/mol. The van der Waals surface area contributed by atoms with E-state index in [1.54, 1.807) is 6.26 Å². The zero-order chi connectivity index (χ0) is 18.2. The van der Waals surface area contributed by atoms with Crippen LogP contribution >= 0.6 is 24.0 Å². The third kappa shape index (κ3) is 6.90. The summed E-state index contributed by atoms with van der Waals surface area (Å²) in [5, 5.41) is 7.64. The van der Waals surface area contributed by atoms with Crippen molar-refractivity contribution in [3.05, 3.63) is 18.0 Å². The number of nitrogens with zero attached hydrogens (tertiary/aromatic N) is 5. The molecule has 0 atom stereocenters. The van der Waals surface area contributed by atoms with Crippen molar-refractivity contribution in [1.82, 2.24) is 25.2 Å². The van der Waals surface area contributed by atoms with Crippen LogP contribution in [0.15, 0.2) is 21.8 Å². The van der Waals surface area contributed by atoms with E-state index in [4.69, 9.17) is 4.52 Å². The van der Waals surface area contributed by atoms with Gasteiger partial charge in [0.25, 0.3) is 0 Å². The van der Waals surface area contributed by atoms with Crippen LogP contribution in [0.5, 0.6) is 0 Å². The van der Waals surface area contributed by atoms with Gasteiger partial charge in [-0.25, -0.2) is 0 Å². The lowest BCUT2D eigenvalue weighted by Crippen LogP contribution is -2.53. The number of nitrogens with one attached hydrogen (secondary N) is 1. The van der Waals surface area contributed by atoms with E-state index in [9.17, 15) is 0 Å². The molecule has 2 aliphatic rings. The predicted octanol–water partition coefficient (Wildman–Crippen LogP) is 2.11. The number of rotatable bonds is 6. The third-order valence-corrected chi connectivity index (χ3v) is 5.56. The van der Waals surface area contributed by atoms with Crippen molar-refractivity contribution in [3.63, 3.8) is 0 Å². The summed E-state index contributed by atoms with van der Waals surface area (Å²) in [7, 11) is 1.90. The Kier molecular flexibility index (Phi) is 9.84. The monoisotopic (exact) mass is 490 g/mol. The molecule has 0 aromatic carbocycles. The molecule has 0 spiro atoms. The number of piperazine rings is 1. The molecule has 3 heterocycles. The average Bonchev–Trinajstić information content (AvgIpc) is 3.18. The number of likely N-dealkylation sites (tertiary alicyclic amines) is 1. The molecule has 1 aromatic heterocycles. The van der Waals surface area contributed by atoms with Gasteiger partial charge in [0.05, 0.1) is 5.69 Å². The fraction of sp³-hybridized carbons (Fsp3) is 0.789. The third-order valence-electron chi connectivity index (χ3n) is 5.56. The summed E-state index contributed by atoms with van der Waals surface area (Å²) < 4.78 is 4.92. The molecular formula is C19H35IN6O. The second-order valence-corrected chi connectivity index (χ2v) is 7.47. The van der Waals surface area contributed by atoms with Crippen molar-refractivity contribution in [2.24, 2.45) is 10.9 Å². The highest BCUT2D eigenvalue weighted by Gasteiger charge is 2.22. The maximum absolute atomic E-state index is 4.92. The molecule has 8 heteroatoms. The molecule has 27 heavy (non-hydrogen) atoms. The Hall–Kier alpha value is -0.870. The summed E-state index contributed by atoms with van der Waals surface area (Å²) in [4.78, 5) is 11.9. The van der Waals surface area contributed by atoms with E-state index in [-0.39, 0.29) is 24.0 Å². The maximum Gasteiger partial charge on any atom is 0.193 e. The fourth-order valence-electron chi connectivity index (χ4n) is 3.96. The highest BCUT2D eigenvalue weighted by molar-refractivity contribution is 14.0. The topological polar surface area (TPSA) is 60.1 Å². The Bertz CT molecular complexity index is 536. The zero-order valence-electron chi connectivity index (χ0n) is 16.8. The lowest BCUT2D eigenvalue weighted by Gasteiger charge is -2.37. The molecule has 3 rings (SSSR count). The van der Waals surface area contributed by atoms with Crippen molar-refractivity contribution < 1.29 is 4.52 Å². The van der Waals surface area contributed by atoms with Crippen molar-refractivity contribution in [2.45, 2.75) is 32.7 Å². The van der Waals surface area contributed by atoms with Crippen molar-refractivity contribution in [3.8, 4) is 0 Å². The molecule has 2 fully saturated rings. The quantitative estimate of drug-likeness (QED) is 0.375. The first kappa shape index (κ1) is 22.4. The minimum Gasteiger partial charge on any atom is -0.364 e. The van der Waals surface area contributed by atoms with Gasteiger partial charge < -0.3 is 19.6 Å². The first-order valence-corrected chi connectivity index (χ1v) is 10.1. The number of halogens is 1. The van der Waals surface area contributed by atoms with Crippen LogP contribution in [0, 0.1) is 5.92 Å². The minimum absolute atomic E-state index is 0. The van der Waals surface area contributed by atoms with Crippen molar-refractivity contribution in [1.29, 1.82) is 0 Å². The fourth-order valence-corrected chi connectivity index (χ4v) is 3.96. The summed E-state index contributed by atoms with van der Waals surface area (Å²) >= 11 is 0. The van der Waals surface area contributed by atoms with Crippen molar-refractivity contribution in [2.75, 3.05) is 59.4 Å². The average molecular weight is 490 g/mol. The van der Waals surface area contributed by atoms with E-state index in [0.29, 0.717) is 0 Å². The van der Waals surface area contributed by atoms with E-state index in [2.05, 4.69) is 37.1 Å². The van der Waals surface area contributed by atoms with Gasteiger partial charge in [-0.3, -0.25) is 9.89 Å². The van der Waals surface area contributed by atoms with Crippen LogP contribution in [0.3, 0.4) is 0 Å². The zero-order valence-corrected chi connectivity index (χ0v) is 19.1. The highest BCUT2D eigenvalue weighted by atomic mass is 127. The molecule has 0 radical (unpaired) electrons. The molecule has 0 bridgehead atoms. The Labute approximate surface area is 180 Å². The number of aliphatic imine (C=N–C) groups is 1. The lowest BCUT2D eigenvalue weighted by atomic mass is 9.97. The van der Waals surface area contributed by atoms with Crippen LogP contribution in [-0.2, 0) is 6.54 Å². The Morgan fingerprint density at radius 3 is 2.52 bits per heavy atom. The van der Waals surface area contributed by atoms with E-state index in [0.717, 1.165) is 56.8 Å².